The van der Waals surface area contributed by atoms with Crippen LogP contribution in [-0.4, -0.2) is 84.0 Å². The number of likely N-dealkylation sites (tertiary alicyclic amines) is 1. The second-order valence-corrected chi connectivity index (χ2v) is 13.1. The highest BCUT2D eigenvalue weighted by molar-refractivity contribution is 5.89. The molecule has 3 aromatic rings. The van der Waals surface area contributed by atoms with E-state index in [1.807, 2.05) is 43.3 Å². The lowest BCUT2D eigenvalue weighted by Gasteiger charge is -2.37. The highest BCUT2D eigenvalue weighted by atomic mass is 16.6. The molecule has 0 radical (unpaired) electrons. The number of nitrogens with zero attached hydrogens (tertiary/aromatic N) is 1. The number of amides is 2. The van der Waals surface area contributed by atoms with E-state index in [2.05, 4.69) is 12.2 Å². The fourth-order valence-corrected chi connectivity index (χ4v) is 6.80. The smallest absolute Gasteiger partial charge is 0.329 e. The molecule has 4 rings (SSSR count). The van der Waals surface area contributed by atoms with Gasteiger partial charge in [0.2, 0.25) is 11.7 Å². The summed E-state index contributed by atoms with van der Waals surface area (Å²) in [5.74, 6) is 1.52. The van der Waals surface area contributed by atoms with Crippen molar-refractivity contribution in [1.29, 1.82) is 0 Å². The van der Waals surface area contributed by atoms with Crippen molar-refractivity contribution in [3.8, 4) is 34.5 Å². The zero-order chi connectivity index (χ0) is 39.0. The molecule has 0 aromatic heterocycles. The normalized spacial score (nSPS) is 15.0. The fraction of sp³-hybridized carbons (Fsp3) is 0.500. The van der Waals surface area contributed by atoms with Gasteiger partial charge in [-0.25, -0.2) is 4.79 Å². The third kappa shape index (κ3) is 10.5. The van der Waals surface area contributed by atoms with Gasteiger partial charge in [0.15, 0.2) is 29.6 Å². The minimum Gasteiger partial charge on any atom is -0.493 e. The van der Waals surface area contributed by atoms with Gasteiger partial charge in [-0.05, 0) is 86.4 Å². The Balaban J connectivity index is 1.63. The van der Waals surface area contributed by atoms with Gasteiger partial charge in [-0.15, -0.1) is 0 Å². The highest BCUT2D eigenvalue weighted by Crippen LogP contribution is 2.42. The number of ether oxygens (including phenoxy) is 7. The molecule has 3 aromatic carbocycles. The topological polar surface area (TPSA) is 131 Å². The molecule has 0 unspecified atom stereocenters. The van der Waals surface area contributed by atoms with Gasteiger partial charge >= 0.3 is 5.97 Å². The van der Waals surface area contributed by atoms with Gasteiger partial charge in [-0.2, -0.15) is 0 Å². The maximum absolute atomic E-state index is 14.4. The second-order valence-electron chi connectivity index (χ2n) is 13.1. The van der Waals surface area contributed by atoms with Crippen LogP contribution in [0.25, 0.3) is 0 Å². The summed E-state index contributed by atoms with van der Waals surface area (Å²) >= 11 is 0. The minimum absolute atomic E-state index is 0.173. The lowest BCUT2D eigenvalue weighted by Crippen LogP contribution is -2.50. The molecule has 1 fully saturated rings. The van der Waals surface area contributed by atoms with Crippen LogP contribution in [0.15, 0.2) is 54.6 Å². The van der Waals surface area contributed by atoms with E-state index >= 15 is 0 Å². The van der Waals surface area contributed by atoms with Gasteiger partial charge in [-0.1, -0.05) is 44.5 Å². The van der Waals surface area contributed by atoms with E-state index in [9.17, 15) is 14.4 Å². The number of benzene rings is 3. The first-order valence-corrected chi connectivity index (χ1v) is 18.7. The number of methoxy groups -OCH3 is 5. The van der Waals surface area contributed by atoms with E-state index in [1.54, 1.807) is 37.3 Å². The zero-order valence-corrected chi connectivity index (χ0v) is 32.7. The second kappa shape index (κ2) is 20.9. The fourth-order valence-electron chi connectivity index (χ4n) is 6.80. The molecule has 0 aliphatic carbocycles. The van der Waals surface area contributed by atoms with E-state index in [0.717, 1.165) is 31.2 Å². The van der Waals surface area contributed by atoms with Gasteiger partial charge in [0.25, 0.3) is 5.91 Å². The predicted molar refractivity (Wildman–Crippen MR) is 205 cm³/mol. The van der Waals surface area contributed by atoms with Crippen LogP contribution < -0.4 is 33.7 Å². The number of hydrogen-bond donors (Lipinski definition) is 1. The average Bonchev–Trinajstić information content (AvgIpc) is 3.21. The minimum atomic E-state index is -0.789. The SMILES string of the molecule is CCCCNC(=O)COc1ccccc1[C@@H](CCc1ccc(OC)c(OC)c1)OC(=O)[C@@H]1CCCCN1C(=O)[C@@H](CC)c1cc(OC)c(OC)c(OC)c1. The quantitative estimate of drug-likeness (QED) is 0.0971. The molecule has 3 atom stereocenters. The van der Waals surface area contributed by atoms with Crippen LogP contribution in [0.3, 0.4) is 0 Å². The summed E-state index contributed by atoms with van der Waals surface area (Å²) in [7, 11) is 7.77. The molecule has 1 N–H and O–H groups in total. The van der Waals surface area contributed by atoms with E-state index in [1.165, 1.54) is 21.3 Å². The maximum atomic E-state index is 14.4. The van der Waals surface area contributed by atoms with E-state index < -0.39 is 24.0 Å². The Bertz CT molecular complexity index is 1670. The number of para-hydroxylation sites is 1. The van der Waals surface area contributed by atoms with Gasteiger partial charge in [0.05, 0.1) is 41.5 Å². The van der Waals surface area contributed by atoms with Gasteiger partial charge in [0, 0.05) is 18.7 Å². The molecule has 54 heavy (non-hydrogen) atoms. The summed E-state index contributed by atoms with van der Waals surface area (Å²) in [6, 6.07) is 15.7. The molecule has 0 bridgehead atoms. The molecule has 2 amide bonds. The van der Waals surface area contributed by atoms with E-state index in [0.29, 0.717) is 84.4 Å². The number of rotatable bonds is 20. The van der Waals surface area contributed by atoms with Crippen molar-refractivity contribution in [2.45, 2.75) is 83.3 Å². The van der Waals surface area contributed by atoms with Crippen molar-refractivity contribution in [1.82, 2.24) is 10.2 Å². The Morgan fingerprint density at radius 2 is 1.52 bits per heavy atom. The summed E-state index contributed by atoms with van der Waals surface area (Å²) in [4.78, 5) is 43.0. The van der Waals surface area contributed by atoms with Crippen LogP contribution in [0.5, 0.6) is 34.5 Å². The third-order valence-corrected chi connectivity index (χ3v) is 9.73. The molecule has 0 spiro atoms. The van der Waals surface area contributed by atoms with Crippen molar-refractivity contribution in [2.24, 2.45) is 0 Å². The predicted octanol–water partition coefficient (Wildman–Crippen LogP) is 6.82. The number of nitrogens with one attached hydrogen (secondary N) is 1. The molecule has 1 aliphatic rings. The molecular weight excluding hydrogens is 692 g/mol. The number of aryl methyl sites for hydroxylation is 1. The molecule has 0 saturated carbocycles. The monoisotopic (exact) mass is 748 g/mol. The zero-order valence-electron chi connectivity index (χ0n) is 32.7. The first-order valence-electron chi connectivity index (χ1n) is 18.7. The highest BCUT2D eigenvalue weighted by Gasteiger charge is 2.38. The Labute approximate surface area is 319 Å². The summed E-state index contributed by atoms with van der Waals surface area (Å²) in [5, 5.41) is 2.87. The summed E-state index contributed by atoms with van der Waals surface area (Å²) < 4.78 is 40.0. The Morgan fingerprint density at radius 3 is 2.17 bits per heavy atom. The van der Waals surface area contributed by atoms with E-state index in [-0.39, 0.29) is 18.4 Å². The first kappa shape index (κ1) is 41.6. The Kier molecular flexibility index (Phi) is 16.1. The molecule has 1 saturated heterocycles. The van der Waals surface area contributed by atoms with Crippen LogP contribution in [-0.2, 0) is 25.5 Å². The van der Waals surface area contributed by atoms with E-state index in [4.69, 9.17) is 33.2 Å². The number of hydrogen-bond acceptors (Lipinski definition) is 10. The largest absolute Gasteiger partial charge is 0.493 e. The van der Waals surface area contributed by atoms with Crippen molar-refractivity contribution in [2.75, 3.05) is 55.2 Å². The van der Waals surface area contributed by atoms with Crippen LogP contribution in [0.2, 0.25) is 0 Å². The number of piperidine rings is 1. The van der Waals surface area contributed by atoms with Crippen molar-refractivity contribution in [3.63, 3.8) is 0 Å². The van der Waals surface area contributed by atoms with Gasteiger partial charge < -0.3 is 43.4 Å². The number of carbonyl (C=O) groups excluding carboxylic acids is 3. The molecule has 1 aliphatic heterocycles. The maximum Gasteiger partial charge on any atom is 0.329 e. The summed E-state index contributed by atoms with van der Waals surface area (Å²) in [5.41, 5.74) is 2.28. The van der Waals surface area contributed by atoms with Gasteiger partial charge in [0.1, 0.15) is 17.9 Å². The third-order valence-electron chi connectivity index (χ3n) is 9.73. The summed E-state index contributed by atoms with van der Waals surface area (Å²) in [6.07, 6.45) is 4.50. The molecule has 1 heterocycles. The first-order chi connectivity index (χ1) is 26.2. The molecular formula is C42H56N2O10. The summed E-state index contributed by atoms with van der Waals surface area (Å²) in [6.45, 7) is 4.81. The van der Waals surface area contributed by atoms with Crippen molar-refractivity contribution in [3.05, 3.63) is 71.3 Å². The Morgan fingerprint density at radius 1 is 0.815 bits per heavy atom. The van der Waals surface area contributed by atoms with Crippen LogP contribution in [0.1, 0.15) is 87.5 Å². The van der Waals surface area contributed by atoms with Crippen molar-refractivity contribution < 1.29 is 47.5 Å². The van der Waals surface area contributed by atoms with Crippen LogP contribution in [0, 0.1) is 0 Å². The average molecular weight is 749 g/mol. The lowest BCUT2D eigenvalue weighted by molar-refractivity contribution is -0.162. The number of unbranched alkanes of at least 4 members (excludes halogenated alkanes) is 1. The standard InChI is InChI=1S/C42H56N2O10/c1-8-10-22-43-39(45)27-53-33-17-12-11-15-31(33)34(20-18-28-19-21-35(48-3)36(24-28)49-4)54-42(47)32-16-13-14-23-44(32)41(46)30(9-2)29-25-37(50-5)40(52-7)38(26-29)51-6/h11-12,15,17,19,21,24-26,30,32,34H,8-10,13-14,16,18,20,22-23,27H2,1-7H3,(H,43,45)/t30-,32-,34+/m0/s1. The molecule has 12 heteroatoms. The van der Waals surface area contributed by atoms with Crippen LogP contribution in [0.4, 0.5) is 0 Å². The molecule has 12 nitrogen and oxygen atoms in total. The Hall–Kier alpha value is -5.13. The van der Waals surface area contributed by atoms with Crippen molar-refractivity contribution >= 4 is 17.8 Å². The molecule has 294 valence electrons. The lowest BCUT2D eigenvalue weighted by atomic mass is 9.91. The van der Waals surface area contributed by atoms with Gasteiger partial charge in [-0.3, -0.25) is 9.59 Å². The van der Waals surface area contributed by atoms with Crippen LogP contribution >= 0.6 is 0 Å². The number of esters is 1. The number of carbonyl (C=O) groups is 3.